The SMILES string of the molecule is NC(=O)c1ccc(NC(=O)COC(=O)CN2C(=O)CSc3ccccc32)cc1. The maximum Gasteiger partial charge on any atom is 0.326 e. The molecule has 0 aliphatic carbocycles. The van der Waals surface area contributed by atoms with E-state index in [2.05, 4.69) is 5.32 Å². The molecule has 0 saturated heterocycles. The topological polar surface area (TPSA) is 119 Å². The van der Waals surface area contributed by atoms with E-state index in [1.165, 1.54) is 40.9 Å². The second-order valence-electron chi connectivity index (χ2n) is 5.89. The molecule has 144 valence electrons. The third-order valence-corrected chi connectivity index (χ3v) is 4.96. The van der Waals surface area contributed by atoms with Gasteiger partial charge in [-0.15, -0.1) is 11.8 Å². The Balaban J connectivity index is 1.52. The molecule has 0 fully saturated rings. The highest BCUT2D eigenvalue weighted by Crippen LogP contribution is 2.34. The zero-order chi connectivity index (χ0) is 20.1. The van der Waals surface area contributed by atoms with Crippen molar-refractivity contribution in [2.75, 3.05) is 29.1 Å². The lowest BCUT2D eigenvalue weighted by Gasteiger charge is -2.27. The molecular formula is C19H17N3O5S. The van der Waals surface area contributed by atoms with Gasteiger partial charge in [0.15, 0.2) is 6.61 Å². The molecule has 1 aliphatic heterocycles. The minimum absolute atomic E-state index is 0.195. The minimum Gasteiger partial charge on any atom is -0.454 e. The van der Waals surface area contributed by atoms with E-state index in [0.717, 1.165) is 4.90 Å². The molecule has 3 rings (SSSR count). The van der Waals surface area contributed by atoms with Crippen LogP contribution in [0.15, 0.2) is 53.4 Å². The van der Waals surface area contributed by atoms with E-state index >= 15 is 0 Å². The van der Waals surface area contributed by atoms with Crippen molar-refractivity contribution in [2.45, 2.75) is 4.90 Å². The van der Waals surface area contributed by atoms with Crippen molar-refractivity contribution in [3.05, 3.63) is 54.1 Å². The van der Waals surface area contributed by atoms with Crippen LogP contribution in [0.3, 0.4) is 0 Å². The van der Waals surface area contributed by atoms with Crippen LogP contribution in [0.4, 0.5) is 11.4 Å². The molecule has 3 N–H and O–H groups in total. The van der Waals surface area contributed by atoms with Crippen LogP contribution in [-0.2, 0) is 19.1 Å². The number of hydrogen-bond donors (Lipinski definition) is 2. The quantitative estimate of drug-likeness (QED) is 0.709. The Bertz CT molecular complexity index is 929. The van der Waals surface area contributed by atoms with Crippen molar-refractivity contribution < 1.29 is 23.9 Å². The summed E-state index contributed by atoms with van der Waals surface area (Å²) < 4.78 is 4.98. The molecule has 0 spiro atoms. The summed E-state index contributed by atoms with van der Waals surface area (Å²) in [5, 5.41) is 2.54. The molecule has 1 heterocycles. The van der Waals surface area contributed by atoms with Gasteiger partial charge in [0.2, 0.25) is 11.8 Å². The van der Waals surface area contributed by atoms with Crippen molar-refractivity contribution in [1.82, 2.24) is 0 Å². The van der Waals surface area contributed by atoms with Crippen LogP contribution in [0.5, 0.6) is 0 Å². The number of hydrogen-bond acceptors (Lipinski definition) is 6. The molecule has 9 heteroatoms. The van der Waals surface area contributed by atoms with Crippen molar-refractivity contribution in [3.63, 3.8) is 0 Å². The number of carbonyl (C=O) groups excluding carboxylic acids is 4. The Hall–Kier alpha value is -3.33. The van der Waals surface area contributed by atoms with E-state index in [-0.39, 0.29) is 18.2 Å². The van der Waals surface area contributed by atoms with Gasteiger partial charge in [-0.2, -0.15) is 0 Å². The van der Waals surface area contributed by atoms with Crippen molar-refractivity contribution in [3.8, 4) is 0 Å². The molecule has 0 aromatic heterocycles. The highest BCUT2D eigenvalue weighted by molar-refractivity contribution is 8.00. The van der Waals surface area contributed by atoms with Gasteiger partial charge in [0.25, 0.3) is 5.91 Å². The number of amides is 3. The Morgan fingerprint density at radius 1 is 1.11 bits per heavy atom. The molecule has 2 aromatic carbocycles. The number of benzene rings is 2. The first-order valence-corrected chi connectivity index (χ1v) is 9.30. The number of carbonyl (C=O) groups is 4. The van der Waals surface area contributed by atoms with Crippen LogP contribution in [0.2, 0.25) is 0 Å². The van der Waals surface area contributed by atoms with Gasteiger partial charge >= 0.3 is 5.97 Å². The fourth-order valence-corrected chi connectivity index (χ4v) is 3.50. The molecule has 28 heavy (non-hydrogen) atoms. The highest BCUT2D eigenvalue weighted by Gasteiger charge is 2.26. The van der Waals surface area contributed by atoms with E-state index in [0.29, 0.717) is 16.9 Å². The number of para-hydroxylation sites is 1. The van der Waals surface area contributed by atoms with Crippen LogP contribution in [0.1, 0.15) is 10.4 Å². The number of fused-ring (bicyclic) bond motifs is 1. The molecule has 0 atom stereocenters. The number of nitrogens with two attached hydrogens (primary N) is 1. The number of ether oxygens (including phenoxy) is 1. The van der Waals surface area contributed by atoms with Crippen LogP contribution >= 0.6 is 11.8 Å². The molecule has 2 aromatic rings. The Morgan fingerprint density at radius 2 is 1.82 bits per heavy atom. The fraction of sp³-hybridized carbons (Fsp3) is 0.158. The first kappa shape index (κ1) is 19.4. The zero-order valence-electron chi connectivity index (χ0n) is 14.7. The van der Waals surface area contributed by atoms with E-state index in [9.17, 15) is 19.2 Å². The summed E-state index contributed by atoms with van der Waals surface area (Å²) in [4.78, 5) is 49.4. The summed E-state index contributed by atoms with van der Waals surface area (Å²) in [6.07, 6.45) is 0. The van der Waals surface area contributed by atoms with Gasteiger partial charge in [0.05, 0.1) is 11.4 Å². The fourth-order valence-electron chi connectivity index (χ4n) is 2.56. The van der Waals surface area contributed by atoms with Gasteiger partial charge in [-0.05, 0) is 36.4 Å². The number of thioether (sulfide) groups is 1. The molecular weight excluding hydrogens is 382 g/mol. The summed E-state index contributed by atoms with van der Waals surface area (Å²) in [5.74, 6) is -1.75. The molecule has 3 amide bonds. The predicted octanol–water partition coefficient (Wildman–Crippen LogP) is 1.41. The van der Waals surface area contributed by atoms with Crippen molar-refractivity contribution >= 4 is 46.8 Å². The van der Waals surface area contributed by atoms with Crippen molar-refractivity contribution in [2.24, 2.45) is 5.73 Å². The Labute approximate surface area is 165 Å². The third kappa shape index (κ3) is 4.68. The minimum atomic E-state index is -0.686. The predicted molar refractivity (Wildman–Crippen MR) is 104 cm³/mol. The molecule has 0 saturated carbocycles. The van der Waals surface area contributed by atoms with E-state index in [1.807, 2.05) is 12.1 Å². The molecule has 0 bridgehead atoms. The number of nitrogens with one attached hydrogen (secondary N) is 1. The van der Waals surface area contributed by atoms with Gasteiger partial charge in [-0.1, -0.05) is 12.1 Å². The molecule has 1 aliphatic rings. The van der Waals surface area contributed by atoms with Gasteiger partial charge < -0.3 is 15.8 Å². The first-order chi connectivity index (χ1) is 13.4. The number of primary amides is 1. The largest absolute Gasteiger partial charge is 0.454 e. The zero-order valence-corrected chi connectivity index (χ0v) is 15.5. The number of esters is 1. The van der Waals surface area contributed by atoms with E-state index < -0.39 is 24.4 Å². The number of rotatable bonds is 6. The summed E-state index contributed by atoms with van der Waals surface area (Å²) in [7, 11) is 0. The second kappa shape index (κ2) is 8.57. The maximum atomic E-state index is 12.1. The molecule has 8 nitrogen and oxygen atoms in total. The summed E-state index contributed by atoms with van der Waals surface area (Å²) >= 11 is 1.41. The highest BCUT2D eigenvalue weighted by atomic mass is 32.2. The van der Waals surface area contributed by atoms with Gasteiger partial charge in [0, 0.05) is 16.1 Å². The Morgan fingerprint density at radius 3 is 2.54 bits per heavy atom. The van der Waals surface area contributed by atoms with Gasteiger partial charge in [-0.25, -0.2) is 0 Å². The standard InChI is InChI=1S/C19H17N3O5S/c20-19(26)12-5-7-13(8-6-12)21-16(23)10-27-18(25)9-22-14-3-1-2-4-15(14)28-11-17(22)24/h1-8H,9-11H2,(H2,20,26)(H,21,23). The normalized spacial score (nSPS) is 12.9. The maximum absolute atomic E-state index is 12.1. The molecule has 0 radical (unpaired) electrons. The molecule has 0 unspecified atom stereocenters. The van der Waals surface area contributed by atoms with Crippen LogP contribution in [0, 0.1) is 0 Å². The number of nitrogens with zero attached hydrogens (tertiary/aromatic N) is 1. The van der Waals surface area contributed by atoms with Gasteiger partial charge in [-0.3, -0.25) is 24.1 Å². The van der Waals surface area contributed by atoms with Crippen molar-refractivity contribution in [1.29, 1.82) is 0 Å². The van der Waals surface area contributed by atoms with Crippen LogP contribution in [-0.4, -0.2) is 42.6 Å². The van der Waals surface area contributed by atoms with Crippen LogP contribution < -0.4 is 16.0 Å². The lowest BCUT2D eigenvalue weighted by atomic mass is 10.2. The van der Waals surface area contributed by atoms with Gasteiger partial charge in [0.1, 0.15) is 6.54 Å². The average molecular weight is 399 g/mol. The third-order valence-electron chi connectivity index (χ3n) is 3.91. The summed E-state index contributed by atoms with van der Waals surface area (Å²) in [6.45, 7) is -0.758. The second-order valence-corrected chi connectivity index (χ2v) is 6.90. The number of anilines is 2. The monoisotopic (exact) mass is 399 g/mol. The van der Waals surface area contributed by atoms with Crippen LogP contribution in [0.25, 0.3) is 0 Å². The first-order valence-electron chi connectivity index (χ1n) is 8.31. The smallest absolute Gasteiger partial charge is 0.326 e. The van der Waals surface area contributed by atoms with E-state index in [4.69, 9.17) is 10.5 Å². The summed E-state index contributed by atoms with van der Waals surface area (Å²) in [6, 6.07) is 13.3. The van der Waals surface area contributed by atoms with E-state index in [1.54, 1.807) is 12.1 Å². The average Bonchev–Trinajstić information content (AvgIpc) is 2.69. The summed E-state index contributed by atoms with van der Waals surface area (Å²) in [5.41, 5.74) is 6.55. The lowest BCUT2D eigenvalue weighted by Crippen LogP contribution is -2.40. The lowest BCUT2D eigenvalue weighted by molar-refractivity contribution is -0.146. The Kier molecular flexibility index (Phi) is 5.95.